The van der Waals surface area contributed by atoms with Gasteiger partial charge in [0.25, 0.3) is 0 Å². The van der Waals surface area contributed by atoms with Gasteiger partial charge in [-0.3, -0.25) is 0 Å². The molecule has 0 heterocycles. The number of nitrogens with zero attached hydrogens (tertiary/aromatic N) is 1. The third-order valence-corrected chi connectivity index (χ3v) is 2.91. The Kier molecular flexibility index (Phi) is 4.18. The second kappa shape index (κ2) is 4.18. The van der Waals surface area contributed by atoms with Crippen LogP contribution in [0.1, 0.15) is 13.3 Å². The van der Waals surface area contributed by atoms with Gasteiger partial charge in [-0.25, -0.2) is 0 Å². The topological polar surface area (TPSA) is 23.8 Å². The van der Waals surface area contributed by atoms with Crippen LogP contribution < -0.4 is 0 Å². The van der Waals surface area contributed by atoms with E-state index in [1.54, 1.807) is 0 Å². The molecule has 1 unspecified atom stereocenters. The molecule has 7 heavy (non-hydrogen) atoms. The zero-order valence-electron chi connectivity index (χ0n) is 4.64. The van der Waals surface area contributed by atoms with Crippen molar-refractivity contribution in [1.29, 1.82) is 5.26 Å². The van der Waals surface area contributed by atoms with Crippen LogP contribution in [-0.2, 0) is 0 Å². The van der Waals surface area contributed by atoms with E-state index in [2.05, 4.69) is 18.8 Å². The fourth-order valence-corrected chi connectivity index (χ4v) is 1.23. The van der Waals surface area contributed by atoms with E-state index in [0.717, 1.165) is 6.42 Å². The van der Waals surface area contributed by atoms with E-state index in [1.807, 2.05) is 0 Å². The Morgan fingerprint density at radius 2 is 2.43 bits per heavy atom. The molecule has 0 aromatic heterocycles. The standard InChI is InChI=1S/C5H9NSe/c1-3-5(4-6)7-2/h5H,3H2,1-2H3. The monoisotopic (exact) mass is 163 g/mol. The Hall–Kier alpha value is 0.00948. The first-order valence-electron chi connectivity index (χ1n) is 2.27. The van der Waals surface area contributed by atoms with Gasteiger partial charge in [0, 0.05) is 0 Å². The van der Waals surface area contributed by atoms with Gasteiger partial charge < -0.3 is 0 Å². The van der Waals surface area contributed by atoms with Crippen molar-refractivity contribution in [3.05, 3.63) is 0 Å². The first-order valence-corrected chi connectivity index (χ1v) is 4.97. The van der Waals surface area contributed by atoms with Crippen LogP contribution in [0.4, 0.5) is 0 Å². The number of hydrogen-bond donors (Lipinski definition) is 0. The summed E-state index contributed by atoms with van der Waals surface area (Å²) < 4.78 is 0. The van der Waals surface area contributed by atoms with E-state index in [1.165, 1.54) is 0 Å². The molecule has 0 saturated heterocycles. The van der Waals surface area contributed by atoms with Crippen LogP contribution in [0.25, 0.3) is 0 Å². The van der Waals surface area contributed by atoms with Crippen molar-refractivity contribution in [2.75, 3.05) is 0 Å². The fraction of sp³-hybridized carbons (Fsp3) is 0.800. The van der Waals surface area contributed by atoms with Gasteiger partial charge in [-0.15, -0.1) is 0 Å². The van der Waals surface area contributed by atoms with Crippen LogP contribution in [0.15, 0.2) is 0 Å². The molecule has 0 saturated carbocycles. The predicted molar refractivity (Wildman–Crippen MR) is 31.3 cm³/mol. The zero-order valence-corrected chi connectivity index (χ0v) is 6.35. The Bertz CT molecular complexity index is 70.6. The maximum absolute atomic E-state index is 8.29. The molecule has 0 spiro atoms. The molecule has 0 fully saturated rings. The summed E-state index contributed by atoms with van der Waals surface area (Å²) in [5.41, 5.74) is 0. The van der Waals surface area contributed by atoms with E-state index in [0.29, 0.717) is 19.8 Å². The van der Waals surface area contributed by atoms with Gasteiger partial charge in [0.15, 0.2) is 0 Å². The van der Waals surface area contributed by atoms with Gasteiger partial charge in [-0.2, -0.15) is 0 Å². The summed E-state index contributed by atoms with van der Waals surface area (Å²) in [4.78, 5) is 0.354. The molecular formula is C5H9NSe. The first-order chi connectivity index (χ1) is 3.35. The molecule has 0 radical (unpaired) electrons. The van der Waals surface area contributed by atoms with E-state index in [4.69, 9.17) is 5.26 Å². The number of hydrogen-bond acceptors (Lipinski definition) is 1. The molecule has 0 aromatic rings. The summed E-state index contributed by atoms with van der Waals surface area (Å²) in [6, 6.07) is 2.23. The second-order valence-electron chi connectivity index (χ2n) is 1.26. The van der Waals surface area contributed by atoms with Crippen LogP contribution in [0.5, 0.6) is 0 Å². The van der Waals surface area contributed by atoms with Crippen molar-refractivity contribution in [2.45, 2.75) is 24.0 Å². The van der Waals surface area contributed by atoms with Crippen LogP contribution in [0.3, 0.4) is 0 Å². The molecule has 0 rings (SSSR count). The quantitative estimate of drug-likeness (QED) is 0.564. The normalized spacial score (nSPS) is 12.7. The van der Waals surface area contributed by atoms with Gasteiger partial charge in [0.1, 0.15) is 0 Å². The molecule has 0 N–H and O–H groups in total. The Balaban J connectivity index is 3.23. The summed E-state index contributed by atoms with van der Waals surface area (Å²) in [7, 11) is 0. The Morgan fingerprint density at radius 1 is 1.86 bits per heavy atom. The Labute approximate surface area is 50.9 Å². The van der Waals surface area contributed by atoms with Crippen LogP contribution >= 0.6 is 0 Å². The van der Waals surface area contributed by atoms with Crippen molar-refractivity contribution >= 4 is 15.0 Å². The van der Waals surface area contributed by atoms with E-state index >= 15 is 0 Å². The molecule has 2 heteroatoms. The molecule has 0 aliphatic rings. The minimum atomic E-state index is 0.354. The molecule has 0 aromatic carbocycles. The van der Waals surface area contributed by atoms with Gasteiger partial charge in [0.2, 0.25) is 0 Å². The van der Waals surface area contributed by atoms with E-state index < -0.39 is 0 Å². The van der Waals surface area contributed by atoms with Crippen molar-refractivity contribution in [3.8, 4) is 6.07 Å². The van der Waals surface area contributed by atoms with Crippen molar-refractivity contribution in [3.63, 3.8) is 0 Å². The first kappa shape index (κ1) is 7.01. The fourth-order valence-electron chi connectivity index (χ4n) is 0.311. The van der Waals surface area contributed by atoms with Gasteiger partial charge in [-0.05, 0) is 0 Å². The molecule has 0 amide bonds. The molecule has 0 aliphatic heterocycles. The van der Waals surface area contributed by atoms with E-state index in [-0.39, 0.29) is 0 Å². The van der Waals surface area contributed by atoms with Crippen LogP contribution in [0.2, 0.25) is 10.6 Å². The predicted octanol–water partition coefficient (Wildman–Crippen LogP) is 1.46. The summed E-state index contributed by atoms with van der Waals surface area (Å²) in [5, 5.41) is 8.29. The third kappa shape index (κ3) is 2.68. The van der Waals surface area contributed by atoms with Gasteiger partial charge in [0.05, 0.1) is 0 Å². The summed E-state index contributed by atoms with van der Waals surface area (Å²) >= 11 is 0.531. The zero-order chi connectivity index (χ0) is 5.70. The average molecular weight is 162 g/mol. The number of nitriles is 1. The molecule has 40 valence electrons. The molecule has 0 bridgehead atoms. The van der Waals surface area contributed by atoms with E-state index in [9.17, 15) is 0 Å². The summed E-state index contributed by atoms with van der Waals surface area (Å²) in [6.45, 7) is 2.05. The second-order valence-corrected chi connectivity index (χ2v) is 3.44. The molecular weight excluding hydrogens is 153 g/mol. The molecule has 0 aliphatic carbocycles. The average Bonchev–Trinajstić information content (AvgIpc) is 1.72. The number of rotatable bonds is 2. The Morgan fingerprint density at radius 3 is 2.43 bits per heavy atom. The van der Waals surface area contributed by atoms with Crippen LogP contribution in [0, 0.1) is 11.3 Å². The molecule has 1 atom stereocenters. The summed E-state index contributed by atoms with van der Waals surface area (Å²) in [5.74, 6) is 2.10. The summed E-state index contributed by atoms with van der Waals surface area (Å²) in [6.07, 6.45) is 1.02. The SMILES string of the molecule is CCC(C#N)[Se]C. The maximum atomic E-state index is 8.29. The van der Waals surface area contributed by atoms with Crippen molar-refractivity contribution in [1.82, 2.24) is 0 Å². The van der Waals surface area contributed by atoms with Gasteiger partial charge in [-0.1, -0.05) is 0 Å². The van der Waals surface area contributed by atoms with Crippen LogP contribution in [-0.4, -0.2) is 15.0 Å². The third-order valence-electron chi connectivity index (χ3n) is 0.799. The minimum absolute atomic E-state index is 0.354. The van der Waals surface area contributed by atoms with Gasteiger partial charge >= 0.3 is 50.3 Å². The van der Waals surface area contributed by atoms with Crippen molar-refractivity contribution in [2.24, 2.45) is 0 Å². The molecule has 1 nitrogen and oxygen atoms in total. The van der Waals surface area contributed by atoms with Crippen molar-refractivity contribution < 1.29 is 0 Å².